The van der Waals surface area contributed by atoms with Crippen LogP contribution < -0.4 is 5.32 Å². The third kappa shape index (κ3) is 4.65. The molecule has 5 rings (SSSR count). The van der Waals surface area contributed by atoms with Crippen molar-refractivity contribution in [2.24, 2.45) is 5.92 Å². The Labute approximate surface area is 192 Å². The van der Waals surface area contributed by atoms with E-state index in [1.165, 1.54) is 11.3 Å². The molecule has 1 amide bonds. The molecule has 0 unspecified atom stereocenters. The predicted octanol–water partition coefficient (Wildman–Crippen LogP) is 3.20. The van der Waals surface area contributed by atoms with E-state index < -0.39 is 0 Å². The molecule has 1 aliphatic heterocycles. The van der Waals surface area contributed by atoms with Crippen LogP contribution >= 0.6 is 11.3 Å². The third-order valence-corrected chi connectivity index (χ3v) is 7.58. The van der Waals surface area contributed by atoms with Gasteiger partial charge in [0.15, 0.2) is 5.01 Å². The maximum atomic E-state index is 12.9. The minimum atomic E-state index is 0.0635. The van der Waals surface area contributed by atoms with Crippen molar-refractivity contribution in [2.45, 2.75) is 38.6 Å². The minimum absolute atomic E-state index is 0.0635. The smallest absolute Gasteiger partial charge is 0.228 e. The standard InChI is InChI=1S/C23H29N7OS/c1-15-27-28-23(32-15)20-11-17-12-21(25-14-18(17)13-24-20)26-22(31)16-3-5-19(6-4-16)30-9-7-29(2)8-10-30/h11-14,16,19H,3-10H2,1-2H3,(H,25,26,31)/t16-,19-. The van der Waals surface area contributed by atoms with E-state index in [1.54, 1.807) is 12.4 Å². The number of anilines is 1. The highest BCUT2D eigenvalue weighted by Gasteiger charge is 2.30. The van der Waals surface area contributed by atoms with Gasteiger partial charge in [0, 0.05) is 55.9 Å². The van der Waals surface area contributed by atoms with Gasteiger partial charge in [-0.05, 0) is 57.2 Å². The Bertz CT molecular complexity index is 1100. The summed E-state index contributed by atoms with van der Waals surface area (Å²) in [6.45, 7) is 6.51. The molecule has 3 aromatic heterocycles. The minimum Gasteiger partial charge on any atom is -0.310 e. The Morgan fingerprint density at radius 2 is 1.75 bits per heavy atom. The monoisotopic (exact) mass is 451 g/mol. The maximum Gasteiger partial charge on any atom is 0.228 e. The molecule has 32 heavy (non-hydrogen) atoms. The van der Waals surface area contributed by atoms with Crippen molar-refractivity contribution in [3.05, 3.63) is 29.5 Å². The molecule has 0 atom stereocenters. The fraction of sp³-hybridized carbons (Fsp3) is 0.522. The van der Waals surface area contributed by atoms with E-state index in [0.717, 1.165) is 78.3 Å². The lowest BCUT2D eigenvalue weighted by Gasteiger charge is -2.40. The summed E-state index contributed by atoms with van der Waals surface area (Å²) in [5, 5.41) is 14.9. The summed E-state index contributed by atoms with van der Waals surface area (Å²) in [5.74, 6) is 0.741. The van der Waals surface area contributed by atoms with Gasteiger partial charge in [0.2, 0.25) is 5.91 Å². The number of aromatic nitrogens is 4. The second-order valence-electron chi connectivity index (χ2n) is 8.95. The van der Waals surface area contributed by atoms with Crippen molar-refractivity contribution in [3.8, 4) is 10.7 Å². The van der Waals surface area contributed by atoms with Crippen LogP contribution in [0.5, 0.6) is 0 Å². The molecule has 3 aromatic rings. The zero-order valence-corrected chi connectivity index (χ0v) is 19.4. The number of nitrogens with one attached hydrogen (secondary N) is 1. The Hall–Kier alpha value is -2.49. The summed E-state index contributed by atoms with van der Waals surface area (Å²) >= 11 is 1.52. The van der Waals surface area contributed by atoms with Crippen molar-refractivity contribution >= 4 is 33.8 Å². The van der Waals surface area contributed by atoms with E-state index in [2.05, 4.69) is 42.3 Å². The van der Waals surface area contributed by atoms with E-state index in [0.29, 0.717) is 11.9 Å². The normalized spacial score (nSPS) is 22.8. The first-order chi connectivity index (χ1) is 15.5. The molecular weight excluding hydrogens is 422 g/mol. The number of likely N-dealkylation sites (N-methyl/N-ethyl adjacent to an activating group) is 1. The van der Waals surface area contributed by atoms with E-state index in [4.69, 9.17) is 0 Å². The number of nitrogens with zero attached hydrogens (tertiary/aromatic N) is 6. The fourth-order valence-corrected chi connectivity index (χ4v) is 5.40. The van der Waals surface area contributed by atoms with Crippen LogP contribution in [0.2, 0.25) is 0 Å². The number of aryl methyl sites for hydroxylation is 1. The van der Waals surface area contributed by atoms with Crippen molar-refractivity contribution in [3.63, 3.8) is 0 Å². The second kappa shape index (κ2) is 9.17. The zero-order chi connectivity index (χ0) is 22.1. The first-order valence-electron chi connectivity index (χ1n) is 11.3. The number of rotatable bonds is 4. The second-order valence-corrected chi connectivity index (χ2v) is 10.1. The lowest BCUT2D eigenvalue weighted by Crippen LogP contribution is -2.50. The molecule has 4 heterocycles. The van der Waals surface area contributed by atoms with Crippen molar-refractivity contribution in [1.82, 2.24) is 30.0 Å². The van der Waals surface area contributed by atoms with Gasteiger partial charge in [0.25, 0.3) is 0 Å². The van der Waals surface area contributed by atoms with Crippen molar-refractivity contribution < 1.29 is 4.79 Å². The van der Waals surface area contributed by atoms with E-state index in [9.17, 15) is 4.79 Å². The lowest BCUT2D eigenvalue weighted by molar-refractivity contribution is -0.121. The molecule has 9 heteroatoms. The van der Waals surface area contributed by atoms with Gasteiger partial charge in [-0.15, -0.1) is 10.2 Å². The van der Waals surface area contributed by atoms with Crippen molar-refractivity contribution in [1.29, 1.82) is 0 Å². The van der Waals surface area contributed by atoms with Crippen LogP contribution in [0.4, 0.5) is 5.82 Å². The molecule has 0 radical (unpaired) electrons. The Morgan fingerprint density at radius 3 is 2.47 bits per heavy atom. The van der Waals surface area contributed by atoms with Gasteiger partial charge in [-0.3, -0.25) is 14.7 Å². The van der Waals surface area contributed by atoms with Crippen LogP contribution in [0.3, 0.4) is 0 Å². The summed E-state index contributed by atoms with van der Waals surface area (Å²) < 4.78 is 0. The molecule has 0 aromatic carbocycles. The topological polar surface area (TPSA) is 87.1 Å². The maximum absolute atomic E-state index is 12.9. The van der Waals surface area contributed by atoms with Crippen LogP contribution in [0, 0.1) is 12.8 Å². The van der Waals surface area contributed by atoms with Crippen molar-refractivity contribution in [2.75, 3.05) is 38.5 Å². The summed E-state index contributed by atoms with van der Waals surface area (Å²) in [6.07, 6.45) is 7.64. The summed E-state index contributed by atoms with van der Waals surface area (Å²) in [5.41, 5.74) is 0.786. The number of amides is 1. The van der Waals surface area contributed by atoms with Gasteiger partial charge < -0.3 is 10.2 Å². The number of carbonyl (C=O) groups is 1. The van der Waals surface area contributed by atoms with Gasteiger partial charge in [-0.2, -0.15) is 0 Å². The third-order valence-electron chi connectivity index (χ3n) is 6.72. The lowest BCUT2D eigenvalue weighted by atomic mass is 9.84. The molecule has 0 bridgehead atoms. The number of carbonyl (C=O) groups excluding carboxylic acids is 1. The SMILES string of the molecule is Cc1nnc(-c2cc3cc(NC(=O)[C@H]4CC[C@H](N5CCN(C)CC5)CC4)ncc3cn2)s1. The average molecular weight is 452 g/mol. The number of pyridine rings is 2. The van der Waals surface area contributed by atoms with E-state index >= 15 is 0 Å². The molecule has 2 fully saturated rings. The highest BCUT2D eigenvalue weighted by molar-refractivity contribution is 7.14. The Balaban J connectivity index is 1.22. The van der Waals surface area contributed by atoms with Gasteiger partial charge in [0.05, 0.1) is 0 Å². The molecule has 1 saturated heterocycles. The van der Waals surface area contributed by atoms with Crippen LogP contribution in [-0.2, 0) is 4.79 Å². The van der Waals surface area contributed by atoms with Crippen LogP contribution in [-0.4, -0.2) is 75.1 Å². The molecule has 1 aliphatic carbocycles. The highest BCUT2D eigenvalue weighted by Crippen LogP contribution is 2.30. The van der Waals surface area contributed by atoms with Gasteiger partial charge in [-0.25, -0.2) is 4.98 Å². The molecule has 8 nitrogen and oxygen atoms in total. The fourth-order valence-electron chi connectivity index (χ4n) is 4.74. The quantitative estimate of drug-likeness (QED) is 0.652. The van der Waals surface area contributed by atoms with Gasteiger partial charge in [0.1, 0.15) is 16.5 Å². The number of hydrogen-bond acceptors (Lipinski definition) is 8. The van der Waals surface area contributed by atoms with Crippen LogP contribution in [0.15, 0.2) is 24.5 Å². The number of fused-ring (bicyclic) bond motifs is 1. The molecule has 168 valence electrons. The molecule has 1 saturated carbocycles. The molecule has 0 spiro atoms. The Morgan fingerprint density at radius 1 is 1.00 bits per heavy atom. The predicted molar refractivity (Wildman–Crippen MR) is 127 cm³/mol. The molecular formula is C23H29N7OS. The first kappa shape index (κ1) is 21.4. The zero-order valence-electron chi connectivity index (χ0n) is 18.6. The number of piperazine rings is 1. The summed E-state index contributed by atoms with van der Waals surface area (Å²) in [7, 11) is 2.19. The first-order valence-corrected chi connectivity index (χ1v) is 12.2. The average Bonchev–Trinajstić information content (AvgIpc) is 3.25. The summed E-state index contributed by atoms with van der Waals surface area (Å²) in [4.78, 5) is 26.8. The van der Waals surface area contributed by atoms with Gasteiger partial charge in [-0.1, -0.05) is 11.3 Å². The summed E-state index contributed by atoms with van der Waals surface area (Å²) in [6, 6.07) is 4.53. The van der Waals surface area contributed by atoms with E-state index in [1.807, 2.05) is 19.1 Å². The van der Waals surface area contributed by atoms with Gasteiger partial charge >= 0.3 is 0 Å². The van der Waals surface area contributed by atoms with Crippen LogP contribution in [0.1, 0.15) is 30.7 Å². The highest BCUT2D eigenvalue weighted by atomic mass is 32.1. The molecule has 1 N–H and O–H groups in total. The number of hydrogen-bond donors (Lipinski definition) is 1. The van der Waals surface area contributed by atoms with E-state index in [-0.39, 0.29) is 11.8 Å². The van der Waals surface area contributed by atoms with Crippen LogP contribution in [0.25, 0.3) is 21.5 Å². The Kier molecular flexibility index (Phi) is 6.12. The largest absolute Gasteiger partial charge is 0.310 e. The molecule has 2 aliphatic rings.